The molecule has 0 aromatic heterocycles. The SMILES string of the molecule is C1CCOC1.CC[C@@H]1C[C@H](N(Cc2cc(C(F)(F)F)cc(C(F)(F)F)c2)C(=O)OC)C[C@H](CC=O)N1C(=O)OC(C)(C)C.CC[C@@H]1C[C@H](N(Cc2cc(C(F)(F)F)cc(C(F)(F)F)c2)C(=O)OC)C[C@H](C[C@@H](O)C(C)C)N1C(=O)OC(C)(C)C.CC[C@@H]1C[C@H](N(Cc2cc(C(F)(F)F)cc(C(F)(F)F)c2)C(=O)OC)C[C@H](C[C@H](O)C(C)C)N1C(=O)OC(C)(C)C.C[CH-]C.[Cl-].[Mg+2]. The third-order valence-corrected chi connectivity index (χ3v) is 21.2. The second-order valence-electron chi connectivity index (χ2n) is 35.6. The van der Waals surface area contributed by atoms with Crippen LogP contribution in [-0.4, -0.2) is 223 Å². The van der Waals surface area contributed by atoms with Crippen molar-refractivity contribution >= 4 is 65.9 Å². The number of alkyl halides is 18. The summed E-state index contributed by atoms with van der Waals surface area (Å²) in [6.45, 7) is 32.1. The fourth-order valence-corrected chi connectivity index (χ4v) is 15.1. The van der Waals surface area contributed by atoms with Crippen LogP contribution in [-0.2, 0) is 94.6 Å². The van der Waals surface area contributed by atoms with Crippen molar-refractivity contribution in [3.05, 3.63) is 111 Å². The second kappa shape index (κ2) is 51.4. The standard InChI is InChI=1S/2C28H40F6N2O5.C25H32F6N2O5.C4H8O.C3H7.ClH.Mg/c2*1-8-20-12-21(13-22(14-23(37)16(2)3)36(20)25(39)41-26(4,5)6)35(24(38)40-7)15-17-9-18(27(29,30)31)11-19(10-17)28(32,33)34;1-6-18-12-20(13-19(7-8-34)33(18)22(36)38-23(2,3)4)32(21(35)37-5)14-15-9-16(24(26,27)28)11-17(10-15)25(29,30)31;1-2-4-5-3-1;1-3-2;;/h2*9-11,16,20-23,37H,8,12-15H2,1-7H3;8-11,18-20H,6-7,12-14H2,1-5H3;1-4H2;3H,1-2H3;1H;/q;;;;-1;;+2/p-1/t20-,21+,22-,23+;20-,21+,22-,23-;18-,19+,20+;;;;/m111..../s1. The molecule has 11 atom stereocenters. The minimum Gasteiger partial charge on any atom is -1.00 e. The van der Waals surface area contributed by atoms with Crippen LogP contribution in [0.2, 0.25) is 0 Å². The minimum absolute atomic E-state index is 0. The van der Waals surface area contributed by atoms with Crippen molar-refractivity contribution in [2.24, 2.45) is 11.8 Å². The zero-order chi connectivity index (χ0) is 98.3. The van der Waals surface area contributed by atoms with E-state index in [1.165, 1.54) is 27.5 Å². The fraction of sp³-hybridized carbons (Fsp3) is 0.705. The van der Waals surface area contributed by atoms with Gasteiger partial charge in [0.1, 0.15) is 23.1 Å². The number of hydrogen-bond donors (Lipinski definition) is 2. The van der Waals surface area contributed by atoms with Crippen LogP contribution in [0.25, 0.3) is 0 Å². The quantitative estimate of drug-likeness (QED) is 0.0351. The summed E-state index contributed by atoms with van der Waals surface area (Å²) in [6, 6.07) is -2.18. The van der Waals surface area contributed by atoms with E-state index in [1.807, 2.05) is 34.1 Å². The molecule has 0 bridgehead atoms. The van der Waals surface area contributed by atoms with E-state index in [0.717, 1.165) is 49.2 Å². The molecular formula is C88H127ClF18MgN6O16. The van der Waals surface area contributed by atoms with Gasteiger partial charge >= 0.3 is 96.7 Å². The minimum atomic E-state index is -5.05. The number of aldehydes is 1. The average molecular weight is 1930 g/mol. The number of rotatable bonds is 20. The van der Waals surface area contributed by atoms with Crippen LogP contribution in [0.15, 0.2) is 54.6 Å². The van der Waals surface area contributed by atoms with Gasteiger partial charge in [0.25, 0.3) is 0 Å². The Labute approximate surface area is 772 Å². The Morgan fingerprint density at radius 2 is 0.623 bits per heavy atom. The maximum absolute atomic E-state index is 13.5. The van der Waals surface area contributed by atoms with E-state index in [1.54, 1.807) is 96.9 Å². The van der Waals surface area contributed by atoms with Crippen LogP contribution in [0.5, 0.6) is 0 Å². The molecule has 0 saturated carbocycles. The van der Waals surface area contributed by atoms with Crippen LogP contribution in [0.3, 0.4) is 0 Å². The van der Waals surface area contributed by atoms with Gasteiger partial charge in [0.2, 0.25) is 0 Å². The van der Waals surface area contributed by atoms with E-state index in [0.29, 0.717) is 61.9 Å². The molecule has 4 fully saturated rings. The number of hydrogen-bond acceptors (Lipinski definition) is 16. The summed E-state index contributed by atoms with van der Waals surface area (Å²) in [5.74, 6) is -0.336. The molecule has 6 amide bonds. The molecule has 42 heteroatoms. The molecule has 130 heavy (non-hydrogen) atoms. The van der Waals surface area contributed by atoms with E-state index < -0.39 is 216 Å². The number of benzene rings is 3. The summed E-state index contributed by atoms with van der Waals surface area (Å²) in [5.41, 5.74) is -12.6. The van der Waals surface area contributed by atoms with Crippen LogP contribution in [0, 0.1) is 18.3 Å². The molecule has 22 nitrogen and oxygen atoms in total. The summed E-state index contributed by atoms with van der Waals surface area (Å²) in [4.78, 5) is 97.2. The van der Waals surface area contributed by atoms with Gasteiger partial charge in [-0.25, -0.2) is 28.8 Å². The Hall–Kier alpha value is -7.37. The number of amides is 6. The van der Waals surface area contributed by atoms with Gasteiger partial charge in [-0.1, -0.05) is 48.5 Å². The zero-order valence-electron chi connectivity index (χ0n) is 77.5. The van der Waals surface area contributed by atoms with Crippen molar-refractivity contribution in [3.63, 3.8) is 0 Å². The molecule has 4 aliphatic rings. The van der Waals surface area contributed by atoms with Gasteiger partial charge in [0.05, 0.1) is 66.9 Å². The van der Waals surface area contributed by atoms with Crippen LogP contribution >= 0.6 is 0 Å². The predicted octanol–water partition coefficient (Wildman–Crippen LogP) is 19.6. The number of ether oxygens (including phenoxy) is 7. The fourth-order valence-electron chi connectivity index (χ4n) is 15.1. The number of piperidine rings is 3. The topological polar surface area (TPSA) is 244 Å². The normalized spacial score (nSPS) is 20.4. The van der Waals surface area contributed by atoms with Crippen LogP contribution < -0.4 is 12.4 Å². The Balaban J connectivity index is 0.000000925. The van der Waals surface area contributed by atoms with E-state index in [2.05, 4.69) is 0 Å². The predicted molar refractivity (Wildman–Crippen MR) is 443 cm³/mol. The maximum atomic E-state index is 13.5. The molecule has 740 valence electrons. The van der Waals surface area contributed by atoms with E-state index in [9.17, 15) is 123 Å². The van der Waals surface area contributed by atoms with Crippen molar-refractivity contribution in [1.82, 2.24) is 29.4 Å². The van der Waals surface area contributed by atoms with Gasteiger partial charge in [-0.15, -0.1) is 0 Å². The first kappa shape index (κ1) is 121. The van der Waals surface area contributed by atoms with E-state index >= 15 is 0 Å². The first-order valence-corrected chi connectivity index (χ1v) is 42.2. The molecule has 3 aromatic rings. The average Bonchev–Trinajstić information content (AvgIpc) is 0.847. The molecule has 4 saturated heterocycles. The Morgan fingerprint density at radius 3 is 0.792 bits per heavy atom. The van der Waals surface area contributed by atoms with Crippen molar-refractivity contribution in [2.45, 2.75) is 355 Å². The largest absolute Gasteiger partial charge is 2.00 e. The molecule has 0 aliphatic carbocycles. The number of methoxy groups -OCH3 is 3. The molecular weight excluding hydrogens is 1800 g/mol. The first-order valence-electron chi connectivity index (χ1n) is 42.2. The Bertz CT molecular complexity index is 3750. The number of aliphatic hydroxyl groups is 2. The molecule has 4 aliphatic heterocycles. The Morgan fingerprint density at radius 1 is 0.415 bits per heavy atom. The zero-order valence-corrected chi connectivity index (χ0v) is 79.6. The monoisotopic (exact) mass is 1920 g/mol. The Kier molecular flexibility index (Phi) is 47.7. The van der Waals surface area contributed by atoms with Gasteiger partial charge in [0, 0.05) is 93.6 Å². The molecule has 2 N–H and O–H groups in total. The summed E-state index contributed by atoms with van der Waals surface area (Å²) in [7, 11) is 3.17. The first-order chi connectivity index (χ1) is 58.7. The van der Waals surface area contributed by atoms with Crippen LogP contribution in [0.1, 0.15) is 265 Å². The number of halogens is 19. The molecule has 0 unspecified atom stereocenters. The second-order valence-corrected chi connectivity index (χ2v) is 35.6. The van der Waals surface area contributed by atoms with E-state index in [-0.39, 0.29) is 134 Å². The summed E-state index contributed by atoms with van der Waals surface area (Å²) < 4.78 is 278. The summed E-state index contributed by atoms with van der Waals surface area (Å²) in [6.07, 6.45) is -29.4. The molecule has 0 spiro atoms. The summed E-state index contributed by atoms with van der Waals surface area (Å²) in [5, 5.41) is 21.4. The number of likely N-dealkylation sites (tertiary alicyclic amines) is 3. The van der Waals surface area contributed by atoms with E-state index in [4.69, 9.17) is 33.2 Å². The van der Waals surface area contributed by atoms with Crippen LogP contribution in [0.4, 0.5) is 108 Å². The number of carbonyl (C=O) groups is 7. The van der Waals surface area contributed by atoms with Gasteiger partial charge in [-0.3, -0.25) is 0 Å². The van der Waals surface area contributed by atoms with Crippen molar-refractivity contribution in [2.75, 3.05) is 34.5 Å². The smallest absolute Gasteiger partial charge is 1.00 e. The van der Waals surface area contributed by atoms with Gasteiger partial charge < -0.3 is 96.4 Å². The molecule has 0 radical (unpaired) electrons. The van der Waals surface area contributed by atoms with Gasteiger partial charge in [-0.05, 0) is 229 Å². The van der Waals surface area contributed by atoms with Crippen molar-refractivity contribution < 1.29 is 168 Å². The summed E-state index contributed by atoms with van der Waals surface area (Å²) >= 11 is 0. The third kappa shape index (κ3) is 38.5. The third-order valence-electron chi connectivity index (χ3n) is 21.2. The molecule has 4 heterocycles. The number of aliphatic hydroxyl groups excluding tert-OH is 2. The molecule has 7 rings (SSSR count). The number of carbonyl (C=O) groups excluding carboxylic acids is 7. The maximum Gasteiger partial charge on any atom is 2.00 e. The van der Waals surface area contributed by atoms with Crippen molar-refractivity contribution in [3.8, 4) is 0 Å². The van der Waals surface area contributed by atoms with Crippen molar-refractivity contribution in [1.29, 1.82) is 0 Å². The number of nitrogens with zero attached hydrogens (tertiary/aromatic N) is 6. The van der Waals surface area contributed by atoms with Gasteiger partial charge in [-0.2, -0.15) is 92.9 Å². The molecule has 3 aromatic carbocycles. The van der Waals surface area contributed by atoms with Gasteiger partial charge in [0.15, 0.2) is 0 Å².